The van der Waals surface area contributed by atoms with Crippen LogP contribution in [0, 0.1) is 29.4 Å². The van der Waals surface area contributed by atoms with Gasteiger partial charge >= 0.3 is 12.2 Å². The standard InChI is InChI=1S/C63H76F2N10O6/c1-37-32-53(42-22-24-47-49(33-42)70-57(68-47)51-20-12-28-73(51)59(76)55(80-61(66)78)40-16-8-4-9-17-40)75(44-35-45(64)54(46(65)36-44)72-30-26-39(27-31-72)38-14-6-3-7-15-38)63(37,2)43-23-25-48-50(34-43)71-58(69-48)52-21-13-29-74(52)60(77)56(81-62(67)79)41-18-10-5-11-19-41/h3,6-7,14-15,22-25,33-37,39-41,51-53,55-56H,4-5,8-13,16-21,26-32H2,1-2H3,(H2,66,78)(H2,67,79)(H,68,70)(H,69,71)/t37?,51-,52-,53?,55-,56-,63+/m0/s1. The molecule has 4 saturated heterocycles. The molecule has 6 heterocycles. The van der Waals surface area contributed by atoms with Gasteiger partial charge in [0.1, 0.15) is 17.3 Å². The number of rotatable bonds is 13. The Hall–Kier alpha value is -7.24. The molecule has 12 rings (SSSR count). The second kappa shape index (κ2) is 22.6. The number of ether oxygens (including phenoxy) is 2. The summed E-state index contributed by atoms with van der Waals surface area (Å²) < 4.78 is 45.4. The van der Waals surface area contributed by atoms with Crippen molar-refractivity contribution < 1.29 is 37.4 Å². The van der Waals surface area contributed by atoms with E-state index in [-0.39, 0.29) is 53.4 Å². The number of nitrogens with zero attached hydrogens (tertiary/aromatic N) is 6. The number of hydrogen-bond acceptors (Lipinski definition) is 10. The van der Waals surface area contributed by atoms with E-state index in [0.29, 0.717) is 74.2 Å². The molecule has 6 aliphatic rings. The minimum Gasteiger partial charge on any atom is -0.436 e. The summed E-state index contributed by atoms with van der Waals surface area (Å²) >= 11 is 0. The van der Waals surface area contributed by atoms with Crippen LogP contribution in [0.25, 0.3) is 22.1 Å². The van der Waals surface area contributed by atoms with Crippen molar-refractivity contribution in [3.8, 4) is 0 Å². The largest absolute Gasteiger partial charge is 0.436 e. The second-order valence-corrected chi connectivity index (χ2v) is 24.2. The normalized spacial score (nSPS) is 25.0. The molecule has 0 spiro atoms. The summed E-state index contributed by atoms with van der Waals surface area (Å²) in [5.41, 5.74) is 16.7. The van der Waals surface area contributed by atoms with E-state index < -0.39 is 41.6 Å². The molecule has 4 amide bonds. The van der Waals surface area contributed by atoms with Crippen LogP contribution in [0.15, 0.2) is 78.9 Å². The van der Waals surface area contributed by atoms with E-state index in [9.17, 15) is 19.2 Å². The molecule has 2 aromatic heterocycles. The summed E-state index contributed by atoms with van der Waals surface area (Å²) in [6.07, 6.45) is 10.5. The molecule has 0 bridgehead atoms. The topological polar surface area (TPSA) is 209 Å². The highest BCUT2D eigenvalue weighted by atomic mass is 19.1. The summed E-state index contributed by atoms with van der Waals surface area (Å²) in [5, 5.41) is 0. The lowest BCUT2D eigenvalue weighted by Crippen LogP contribution is -2.46. The van der Waals surface area contributed by atoms with E-state index >= 15 is 8.78 Å². The number of carbonyl (C=O) groups is 4. The lowest BCUT2D eigenvalue weighted by molar-refractivity contribution is -0.145. The van der Waals surface area contributed by atoms with Crippen molar-refractivity contribution in [2.45, 2.75) is 165 Å². The van der Waals surface area contributed by atoms with Crippen LogP contribution in [-0.2, 0) is 24.6 Å². The van der Waals surface area contributed by atoms with Gasteiger partial charge in [0.15, 0.2) is 23.8 Å². The number of imidazole rings is 2. The summed E-state index contributed by atoms with van der Waals surface area (Å²) in [6.45, 7) is 6.39. The molecular formula is C63H76F2N10O6. The summed E-state index contributed by atoms with van der Waals surface area (Å²) in [5.74, 6) is -0.350. The van der Waals surface area contributed by atoms with Crippen molar-refractivity contribution in [2.24, 2.45) is 29.2 Å². The first-order valence-corrected chi connectivity index (χ1v) is 29.8. The molecule has 7 atom stereocenters. The number of benzene rings is 4. The van der Waals surface area contributed by atoms with Crippen molar-refractivity contribution in [1.82, 2.24) is 29.7 Å². The minimum atomic E-state index is -0.951. The Morgan fingerprint density at radius 2 is 1.12 bits per heavy atom. The number of aromatic nitrogens is 4. The van der Waals surface area contributed by atoms with Gasteiger partial charge in [0, 0.05) is 43.7 Å². The van der Waals surface area contributed by atoms with Crippen molar-refractivity contribution in [3.63, 3.8) is 0 Å². The molecular weight excluding hydrogens is 1030 g/mol. The number of nitrogens with two attached hydrogens (primary N) is 2. The number of primary amides is 2. The van der Waals surface area contributed by atoms with Crippen LogP contribution < -0.4 is 21.3 Å². The second-order valence-electron chi connectivity index (χ2n) is 24.2. The van der Waals surface area contributed by atoms with Crippen LogP contribution in [0.2, 0.25) is 0 Å². The number of carbonyl (C=O) groups excluding carboxylic acids is 4. The Bertz CT molecular complexity index is 3270. The van der Waals surface area contributed by atoms with Gasteiger partial charge < -0.3 is 50.5 Å². The SMILES string of the molecule is CC1CC(c2ccc3nc([C@@H]4CCCN4C(=O)[C@@H](OC(N)=O)C4CCCCC4)[nH]c3c2)N(c2cc(F)c(N3CCC(c4ccccc4)CC3)c(F)c2)[C@@]1(C)c1ccc2nc([C@@H]3CCCN3C(=O)[C@@H](OC(N)=O)C3CCCCC3)[nH]c2c1. The Morgan fingerprint density at radius 3 is 1.65 bits per heavy atom. The average molecular weight is 1110 g/mol. The van der Waals surface area contributed by atoms with Gasteiger partial charge in [-0.25, -0.2) is 28.3 Å². The smallest absolute Gasteiger partial charge is 0.405 e. The monoisotopic (exact) mass is 1110 g/mol. The third-order valence-corrected chi connectivity index (χ3v) is 19.5. The summed E-state index contributed by atoms with van der Waals surface area (Å²) in [7, 11) is 0. The molecule has 2 unspecified atom stereocenters. The molecule has 16 nitrogen and oxygen atoms in total. The zero-order chi connectivity index (χ0) is 56.1. The number of likely N-dealkylation sites (tertiary alicyclic amines) is 2. The molecule has 6 N–H and O–H groups in total. The molecule has 4 aromatic carbocycles. The van der Waals surface area contributed by atoms with Gasteiger partial charge in [0.25, 0.3) is 11.8 Å². The molecule has 6 aromatic rings. The van der Waals surface area contributed by atoms with Crippen molar-refractivity contribution in [3.05, 3.63) is 119 Å². The van der Waals surface area contributed by atoms with Crippen LogP contribution in [0.4, 0.5) is 29.7 Å². The molecule has 18 heteroatoms. The number of H-pyrrole nitrogens is 2. The van der Waals surface area contributed by atoms with E-state index in [4.69, 9.17) is 30.9 Å². The molecule has 428 valence electrons. The number of halogens is 2. The maximum Gasteiger partial charge on any atom is 0.405 e. The molecule has 81 heavy (non-hydrogen) atoms. The number of anilines is 2. The van der Waals surface area contributed by atoms with Crippen molar-refractivity contribution >= 4 is 57.4 Å². The Kier molecular flexibility index (Phi) is 15.2. The van der Waals surface area contributed by atoms with E-state index in [0.717, 1.165) is 118 Å². The Labute approximate surface area is 471 Å². The van der Waals surface area contributed by atoms with Gasteiger partial charge in [-0.3, -0.25) is 9.59 Å². The van der Waals surface area contributed by atoms with E-state index in [1.165, 1.54) is 17.7 Å². The van der Waals surface area contributed by atoms with Gasteiger partial charge in [0.05, 0.1) is 45.7 Å². The predicted molar refractivity (Wildman–Crippen MR) is 305 cm³/mol. The summed E-state index contributed by atoms with van der Waals surface area (Å²) in [4.78, 5) is 77.9. The maximum absolute atomic E-state index is 17.1. The van der Waals surface area contributed by atoms with Gasteiger partial charge in [-0.15, -0.1) is 0 Å². The quantitative estimate of drug-likeness (QED) is 0.0860. The average Bonchev–Trinajstić information content (AvgIpc) is 4.40. The molecule has 4 aliphatic heterocycles. The van der Waals surface area contributed by atoms with E-state index in [1.54, 1.807) is 9.80 Å². The first-order valence-electron chi connectivity index (χ1n) is 29.8. The van der Waals surface area contributed by atoms with Crippen LogP contribution >= 0.6 is 0 Å². The van der Waals surface area contributed by atoms with Gasteiger partial charge in [-0.2, -0.15) is 0 Å². The number of fused-ring (bicyclic) bond motifs is 2. The third-order valence-electron chi connectivity index (χ3n) is 19.5. The minimum absolute atomic E-state index is 0.00930. The van der Waals surface area contributed by atoms with Crippen LogP contribution in [0.3, 0.4) is 0 Å². The Balaban J connectivity index is 0.876. The molecule has 0 radical (unpaired) electrons. The van der Waals surface area contributed by atoms with Gasteiger partial charge in [-0.05, 0) is 142 Å². The fourth-order valence-electron chi connectivity index (χ4n) is 15.2. The molecule has 2 aliphatic carbocycles. The first kappa shape index (κ1) is 54.4. The highest BCUT2D eigenvalue weighted by Crippen LogP contribution is 2.55. The number of piperidine rings is 1. The lowest BCUT2D eigenvalue weighted by Gasteiger charge is -2.43. The van der Waals surface area contributed by atoms with Crippen LogP contribution in [0.5, 0.6) is 0 Å². The fraction of sp³-hybridized carbons (Fsp3) is 0.524. The number of aromatic amines is 2. The fourth-order valence-corrected chi connectivity index (χ4v) is 15.2. The number of nitrogens with one attached hydrogen (secondary N) is 2. The zero-order valence-corrected chi connectivity index (χ0v) is 46.6. The number of hydrogen-bond donors (Lipinski definition) is 4. The third kappa shape index (κ3) is 10.4. The highest BCUT2D eigenvalue weighted by Gasteiger charge is 2.51. The van der Waals surface area contributed by atoms with E-state index in [1.807, 2.05) is 41.3 Å². The van der Waals surface area contributed by atoms with E-state index in [2.05, 4.69) is 59.0 Å². The number of amides is 4. The predicted octanol–water partition coefficient (Wildman–Crippen LogP) is 12.0. The van der Waals surface area contributed by atoms with Crippen LogP contribution in [-0.4, -0.2) is 92.1 Å². The first-order chi connectivity index (χ1) is 39.2. The van der Waals surface area contributed by atoms with Crippen molar-refractivity contribution in [1.29, 1.82) is 0 Å². The Morgan fingerprint density at radius 1 is 0.605 bits per heavy atom. The van der Waals surface area contributed by atoms with Gasteiger partial charge in [-0.1, -0.05) is 87.9 Å². The molecule has 6 fully saturated rings. The summed E-state index contributed by atoms with van der Waals surface area (Å²) in [6, 6.07) is 24.5. The maximum atomic E-state index is 17.1. The van der Waals surface area contributed by atoms with Crippen molar-refractivity contribution in [2.75, 3.05) is 36.0 Å². The molecule has 2 saturated carbocycles. The zero-order valence-electron chi connectivity index (χ0n) is 46.6. The lowest BCUT2D eigenvalue weighted by atomic mass is 9.81. The van der Waals surface area contributed by atoms with Crippen LogP contribution in [0.1, 0.15) is 175 Å². The highest BCUT2D eigenvalue weighted by molar-refractivity contribution is 5.86. The van der Waals surface area contributed by atoms with Gasteiger partial charge in [0.2, 0.25) is 0 Å².